The zero-order valence-electron chi connectivity index (χ0n) is 10.0. The Balaban J connectivity index is 2.58. The molecule has 0 heterocycles. The number of hydrogen-bond donors (Lipinski definition) is 3. The van der Waals surface area contributed by atoms with E-state index in [1.165, 1.54) is 6.92 Å². The van der Waals surface area contributed by atoms with Gasteiger partial charge < -0.3 is 15.9 Å². The van der Waals surface area contributed by atoms with Crippen molar-refractivity contribution in [3.63, 3.8) is 0 Å². The molecule has 1 aliphatic rings. The highest BCUT2D eigenvalue weighted by Gasteiger charge is 2.36. The Morgan fingerprint density at radius 3 is 2.69 bits per heavy atom. The highest BCUT2D eigenvalue weighted by atomic mass is 16.4. The number of nitrogens with two attached hydrogens (primary N) is 1. The Kier molecular flexibility index (Phi) is 4.29. The number of nitrogens with zero attached hydrogens (tertiary/aromatic N) is 1. The molecule has 0 aromatic carbocycles. The lowest BCUT2D eigenvalue weighted by molar-refractivity contribution is -0.158. The van der Waals surface area contributed by atoms with Gasteiger partial charge >= 0.3 is 5.97 Å². The molecule has 1 aliphatic carbocycles. The van der Waals surface area contributed by atoms with Crippen LogP contribution in [-0.2, 0) is 4.79 Å². The molecule has 16 heavy (non-hydrogen) atoms. The minimum absolute atomic E-state index is 0.142. The predicted molar refractivity (Wildman–Crippen MR) is 61.1 cm³/mol. The molecule has 94 valence electrons. The SMILES string of the molecule is CN(CC(C)(O)C(=O)O)C1CCCC1CN. The molecule has 1 saturated carbocycles. The van der Waals surface area contributed by atoms with E-state index in [4.69, 9.17) is 10.8 Å². The first kappa shape index (κ1) is 13.4. The molecule has 5 heteroatoms. The Morgan fingerprint density at radius 2 is 2.19 bits per heavy atom. The van der Waals surface area contributed by atoms with Gasteiger partial charge in [-0.2, -0.15) is 0 Å². The molecule has 1 fully saturated rings. The zero-order valence-corrected chi connectivity index (χ0v) is 10.0. The lowest BCUT2D eigenvalue weighted by atomic mass is 10.00. The van der Waals surface area contributed by atoms with Crippen LogP contribution in [0, 0.1) is 5.92 Å². The summed E-state index contributed by atoms with van der Waals surface area (Å²) >= 11 is 0. The van der Waals surface area contributed by atoms with E-state index < -0.39 is 11.6 Å². The fourth-order valence-corrected chi connectivity index (χ4v) is 2.54. The molecular formula is C11H22N2O3. The van der Waals surface area contributed by atoms with Crippen LogP contribution in [0.25, 0.3) is 0 Å². The first-order chi connectivity index (χ1) is 7.38. The third kappa shape index (κ3) is 2.93. The molecule has 0 saturated heterocycles. The average molecular weight is 230 g/mol. The van der Waals surface area contributed by atoms with Gasteiger partial charge in [-0.05, 0) is 39.3 Å². The van der Waals surface area contributed by atoms with Crippen molar-refractivity contribution < 1.29 is 15.0 Å². The standard InChI is InChI=1S/C11H22N2O3/c1-11(16,10(14)15)7-13(2)9-5-3-4-8(9)6-12/h8-9,16H,3-7,12H2,1-2H3,(H,14,15). The smallest absolute Gasteiger partial charge is 0.336 e. The number of carbonyl (C=O) groups is 1. The fraction of sp³-hybridized carbons (Fsp3) is 0.909. The molecular weight excluding hydrogens is 208 g/mol. The maximum atomic E-state index is 10.8. The van der Waals surface area contributed by atoms with Crippen molar-refractivity contribution in [2.45, 2.75) is 37.8 Å². The summed E-state index contributed by atoms with van der Waals surface area (Å²) in [4.78, 5) is 12.8. The van der Waals surface area contributed by atoms with E-state index in [9.17, 15) is 9.90 Å². The summed E-state index contributed by atoms with van der Waals surface area (Å²) < 4.78 is 0. The van der Waals surface area contributed by atoms with Crippen LogP contribution in [0.4, 0.5) is 0 Å². The average Bonchev–Trinajstić information content (AvgIpc) is 2.64. The number of carboxylic acids is 1. The van der Waals surface area contributed by atoms with Gasteiger partial charge in [0.25, 0.3) is 0 Å². The van der Waals surface area contributed by atoms with E-state index in [1.807, 2.05) is 11.9 Å². The molecule has 0 aromatic rings. The molecule has 5 nitrogen and oxygen atoms in total. The van der Waals surface area contributed by atoms with Crippen molar-refractivity contribution in [3.05, 3.63) is 0 Å². The van der Waals surface area contributed by atoms with Crippen molar-refractivity contribution in [1.82, 2.24) is 4.90 Å². The molecule has 4 N–H and O–H groups in total. The summed E-state index contributed by atoms with van der Waals surface area (Å²) in [5.41, 5.74) is 4.00. The van der Waals surface area contributed by atoms with Crippen LogP contribution in [0.5, 0.6) is 0 Å². The van der Waals surface area contributed by atoms with Crippen molar-refractivity contribution in [2.75, 3.05) is 20.1 Å². The maximum absolute atomic E-state index is 10.8. The van der Waals surface area contributed by atoms with Gasteiger partial charge in [-0.3, -0.25) is 4.90 Å². The van der Waals surface area contributed by atoms with Crippen LogP contribution in [0.1, 0.15) is 26.2 Å². The van der Waals surface area contributed by atoms with E-state index in [1.54, 1.807) is 0 Å². The van der Waals surface area contributed by atoms with Gasteiger partial charge in [0, 0.05) is 12.6 Å². The van der Waals surface area contributed by atoms with Gasteiger partial charge in [0.05, 0.1) is 0 Å². The van der Waals surface area contributed by atoms with Gasteiger partial charge in [-0.1, -0.05) is 6.42 Å². The summed E-state index contributed by atoms with van der Waals surface area (Å²) in [5, 5.41) is 18.6. The van der Waals surface area contributed by atoms with Crippen molar-refractivity contribution >= 4 is 5.97 Å². The van der Waals surface area contributed by atoms with Crippen molar-refractivity contribution in [3.8, 4) is 0 Å². The van der Waals surface area contributed by atoms with Crippen molar-refractivity contribution in [2.24, 2.45) is 11.7 Å². The molecule has 3 atom stereocenters. The normalized spacial score (nSPS) is 29.3. The van der Waals surface area contributed by atoms with Gasteiger partial charge in [0.2, 0.25) is 0 Å². The number of likely N-dealkylation sites (N-methyl/N-ethyl adjacent to an activating group) is 1. The van der Waals surface area contributed by atoms with Crippen LogP contribution < -0.4 is 5.73 Å². The first-order valence-electron chi connectivity index (χ1n) is 5.74. The molecule has 1 rings (SSSR count). The molecule has 3 unspecified atom stereocenters. The largest absolute Gasteiger partial charge is 0.479 e. The van der Waals surface area contributed by atoms with Crippen LogP contribution in [0.15, 0.2) is 0 Å². The monoisotopic (exact) mass is 230 g/mol. The fourth-order valence-electron chi connectivity index (χ4n) is 2.54. The summed E-state index contributed by atoms with van der Waals surface area (Å²) in [5.74, 6) is -0.753. The molecule has 0 radical (unpaired) electrons. The lowest BCUT2D eigenvalue weighted by Gasteiger charge is -2.33. The molecule has 0 spiro atoms. The highest BCUT2D eigenvalue weighted by Crippen LogP contribution is 2.29. The summed E-state index contributed by atoms with van der Waals surface area (Å²) in [6.45, 7) is 2.10. The molecule has 0 amide bonds. The second-order valence-corrected chi connectivity index (χ2v) is 4.99. The third-order valence-electron chi connectivity index (χ3n) is 3.51. The first-order valence-corrected chi connectivity index (χ1v) is 5.74. The Morgan fingerprint density at radius 1 is 1.56 bits per heavy atom. The molecule has 0 aliphatic heterocycles. The number of hydrogen-bond acceptors (Lipinski definition) is 4. The molecule has 0 bridgehead atoms. The minimum atomic E-state index is -1.68. The Bertz CT molecular complexity index is 256. The summed E-state index contributed by atoms with van der Waals surface area (Å²) in [6, 6.07) is 0.302. The van der Waals surface area contributed by atoms with Gasteiger partial charge in [0.15, 0.2) is 5.60 Å². The van der Waals surface area contributed by atoms with E-state index >= 15 is 0 Å². The Labute approximate surface area is 96.2 Å². The topological polar surface area (TPSA) is 86.8 Å². The van der Waals surface area contributed by atoms with Crippen LogP contribution in [0.3, 0.4) is 0 Å². The number of carboxylic acid groups (broad SMARTS) is 1. The highest BCUT2D eigenvalue weighted by molar-refractivity contribution is 5.76. The van der Waals surface area contributed by atoms with E-state index in [-0.39, 0.29) is 6.54 Å². The number of rotatable bonds is 5. The summed E-state index contributed by atoms with van der Waals surface area (Å²) in [6.07, 6.45) is 3.26. The van der Waals surface area contributed by atoms with Gasteiger partial charge in [-0.25, -0.2) is 4.79 Å². The van der Waals surface area contributed by atoms with Crippen LogP contribution >= 0.6 is 0 Å². The third-order valence-corrected chi connectivity index (χ3v) is 3.51. The van der Waals surface area contributed by atoms with E-state index in [2.05, 4.69) is 0 Å². The minimum Gasteiger partial charge on any atom is -0.479 e. The summed E-state index contributed by atoms with van der Waals surface area (Å²) in [7, 11) is 1.86. The van der Waals surface area contributed by atoms with Crippen LogP contribution in [0.2, 0.25) is 0 Å². The molecule has 0 aromatic heterocycles. The van der Waals surface area contributed by atoms with Gasteiger partial charge in [0.1, 0.15) is 0 Å². The Hall–Kier alpha value is -0.650. The number of aliphatic hydroxyl groups is 1. The second-order valence-electron chi connectivity index (χ2n) is 4.99. The van der Waals surface area contributed by atoms with E-state index in [0.717, 1.165) is 19.3 Å². The second kappa shape index (κ2) is 5.12. The quantitative estimate of drug-likeness (QED) is 0.613. The van der Waals surface area contributed by atoms with Crippen LogP contribution in [-0.4, -0.2) is 52.9 Å². The maximum Gasteiger partial charge on any atom is 0.336 e. The van der Waals surface area contributed by atoms with Crippen molar-refractivity contribution in [1.29, 1.82) is 0 Å². The van der Waals surface area contributed by atoms with Gasteiger partial charge in [-0.15, -0.1) is 0 Å². The lowest BCUT2D eigenvalue weighted by Crippen LogP contribution is -2.50. The number of aliphatic carboxylic acids is 1. The zero-order chi connectivity index (χ0) is 12.3. The predicted octanol–water partition coefficient (Wildman–Crippen LogP) is -0.119. The van der Waals surface area contributed by atoms with E-state index in [0.29, 0.717) is 18.5 Å².